The normalized spacial score (nSPS) is 23.3. The van der Waals surface area contributed by atoms with Gasteiger partial charge in [-0.15, -0.1) is 0 Å². The molecule has 2 heterocycles. The van der Waals surface area contributed by atoms with Crippen molar-refractivity contribution in [2.75, 3.05) is 19.7 Å². The number of likely N-dealkylation sites (tertiary alicyclic amines) is 1. The predicted octanol–water partition coefficient (Wildman–Crippen LogP) is 3.46. The summed E-state index contributed by atoms with van der Waals surface area (Å²) < 4.78 is 5.44. The minimum absolute atomic E-state index is 0.138. The van der Waals surface area contributed by atoms with Crippen molar-refractivity contribution >= 4 is 17.6 Å². The Hall–Kier alpha value is -2.37. The summed E-state index contributed by atoms with van der Waals surface area (Å²) >= 11 is 0. The van der Waals surface area contributed by atoms with Gasteiger partial charge in [0.2, 0.25) is 5.91 Å². The smallest absolute Gasteiger partial charge is 0.312 e. The average Bonchev–Trinajstić information content (AvgIpc) is 3.48. The molecule has 1 amide bonds. The van der Waals surface area contributed by atoms with E-state index in [0.29, 0.717) is 45.4 Å². The van der Waals surface area contributed by atoms with Crippen LogP contribution in [-0.4, -0.2) is 48.3 Å². The number of amides is 1. The number of esters is 1. The molecule has 4 rings (SSSR count). The first-order valence-corrected chi connectivity index (χ1v) is 10.8. The van der Waals surface area contributed by atoms with Gasteiger partial charge in [0.15, 0.2) is 0 Å². The summed E-state index contributed by atoms with van der Waals surface area (Å²) in [5.74, 6) is 0.309. The summed E-state index contributed by atoms with van der Waals surface area (Å²) in [5, 5.41) is 4.29. The summed E-state index contributed by atoms with van der Waals surface area (Å²) in [6, 6.07) is 8.25. The molecule has 6 nitrogen and oxygen atoms in total. The van der Waals surface area contributed by atoms with Crippen LogP contribution in [0.15, 0.2) is 29.4 Å². The zero-order valence-corrected chi connectivity index (χ0v) is 17.4. The number of oxime groups is 1. The van der Waals surface area contributed by atoms with Crippen LogP contribution in [0.1, 0.15) is 56.6 Å². The summed E-state index contributed by atoms with van der Waals surface area (Å²) in [5.41, 5.74) is 2.60. The average molecular weight is 399 g/mol. The zero-order chi connectivity index (χ0) is 20.4. The first-order valence-electron chi connectivity index (χ1n) is 10.8. The van der Waals surface area contributed by atoms with Gasteiger partial charge in [-0.25, -0.2) is 0 Å². The van der Waals surface area contributed by atoms with E-state index in [4.69, 9.17) is 9.57 Å². The lowest BCUT2D eigenvalue weighted by Crippen LogP contribution is -2.48. The van der Waals surface area contributed by atoms with Gasteiger partial charge in [-0.2, -0.15) is 0 Å². The largest absolute Gasteiger partial charge is 0.466 e. The van der Waals surface area contributed by atoms with Crippen molar-refractivity contribution in [3.05, 3.63) is 35.4 Å². The SMILES string of the molecule is CCOC(=O)C1(C[C@H]2CC(c3ccc(C)cc3)=NO2)CCN(C(=O)C2CC2)CC1. The summed E-state index contributed by atoms with van der Waals surface area (Å²) in [6.45, 7) is 5.49. The van der Waals surface area contributed by atoms with E-state index < -0.39 is 5.41 Å². The van der Waals surface area contributed by atoms with Crippen molar-refractivity contribution in [1.29, 1.82) is 0 Å². The number of hydrogen-bond acceptors (Lipinski definition) is 5. The number of carbonyl (C=O) groups is 2. The van der Waals surface area contributed by atoms with Crippen LogP contribution in [0, 0.1) is 18.3 Å². The van der Waals surface area contributed by atoms with E-state index in [0.717, 1.165) is 24.1 Å². The molecule has 1 aliphatic carbocycles. The van der Waals surface area contributed by atoms with Crippen molar-refractivity contribution < 1.29 is 19.2 Å². The molecule has 0 bridgehead atoms. The van der Waals surface area contributed by atoms with Crippen molar-refractivity contribution in [2.45, 2.75) is 58.5 Å². The van der Waals surface area contributed by atoms with E-state index in [-0.39, 0.29) is 23.9 Å². The molecule has 0 unspecified atom stereocenters. The summed E-state index contributed by atoms with van der Waals surface area (Å²) in [4.78, 5) is 33.0. The highest BCUT2D eigenvalue weighted by atomic mass is 16.6. The Morgan fingerprint density at radius 2 is 1.90 bits per heavy atom. The molecule has 2 fully saturated rings. The fourth-order valence-corrected chi connectivity index (χ4v) is 4.41. The molecular weight excluding hydrogens is 368 g/mol. The Labute approximate surface area is 172 Å². The Morgan fingerprint density at radius 1 is 1.21 bits per heavy atom. The molecule has 0 radical (unpaired) electrons. The van der Waals surface area contributed by atoms with Gasteiger partial charge in [-0.05, 0) is 45.1 Å². The van der Waals surface area contributed by atoms with Crippen LogP contribution in [0.3, 0.4) is 0 Å². The highest BCUT2D eigenvalue weighted by Gasteiger charge is 2.47. The fraction of sp³-hybridized carbons (Fsp3) is 0.609. The van der Waals surface area contributed by atoms with Crippen molar-refractivity contribution in [3.63, 3.8) is 0 Å². The standard InChI is InChI=1S/C23H30N2O4/c1-3-28-22(27)23(10-12-25(13-11-23)21(26)18-8-9-18)15-19-14-20(24-29-19)17-6-4-16(2)5-7-17/h4-7,18-19H,3,8-15H2,1-2H3/t19-/m1/s1. The predicted molar refractivity (Wildman–Crippen MR) is 109 cm³/mol. The Morgan fingerprint density at radius 3 is 2.52 bits per heavy atom. The lowest BCUT2D eigenvalue weighted by Gasteiger charge is -2.40. The van der Waals surface area contributed by atoms with E-state index in [2.05, 4.69) is 36.3 Å². The molecule has 1 saturated heterocycles. The summed E-state index contributed by atoms with van der Waals surface area (Å²) in [6.07, 6.45) is 4.40. The second kappa shape index (κ2) is 8.17. The molecule has 1 aromatic carbocycles. The van der Waals surface area contributed by atoms with E-state index >= 15 is 0 Å². The van der Waals surface area contributed by atoms with Gasteiger partial charge in [0, 0.05) is 31.8 Å². The second-order valence-electron chi connectivity index (χ2n) is 8.64. The molecule has 1 atom stereocenters. The lowest BCUT2D eigenvalue weighted by atomic mass is 9.73. The minimum Gasteiger partial charge on any atom is -0.466 e. The molecule has 156 valence electrons. The van der Waals surface area contributed by atoms with Crippen LogP contribution in [0.4, 0.5) is 0 Å². The molecule has 29 heavy (non-hydrogen) atoms. The molecule has 0 aromatic heterocycles. The molecule has 6 heteroatoms. The van der Waals surface area contributed by atoms with E-state index in [1.165, 1.54) is 5.56 Å². The van der Waals surface area contributed by atoms with Gasteiger partial charge in [-0.1, -0.05) is 35.0 Å². The van der Waals surface area contributed by atoms with Crippen LogP contribution in [-0.2, 0) is 19.2 Å². The number of aryl methyl sites for hydroxylation is 1. The van der Waals surface area contributed by atoms with Crippen LogP contribution in [0.5, 0.6) is 0 Å². The third kappa shape index (κ3) is 4.31. The Balaban J connectivity index is 1.41. The topological polar surface area (TPSA) is 68.2 Å². The van der Waals surface area contributed by atoms with Crippen molar-refractivity contribution in [2.24, 2.45) is 16.5 Å². The van der Waals surface area contributed by atoms with Crippen molar-refractivity contribution in [3.8, 4) is 0 Å². The monoisotopic (exact) mass is 398 g/mol. The molecule has 0 spiro atoms. The van der Waals surface area contributed by atoms with Crippen LogP contribution < -0.4 is 0 Å². The fourth-order valence-electron chi connectivity index (χ4n) is 4.41. The second-order valence-corrected chi connectivity index (χ2v) is 8.64. The molecule has 1 aromatic rings. The Kier molecular flexibility index (Phi) is 5.61. The number of benzene rings is 1. The van der Waals surface area contributed by atoms with Gasteiger partial charge < -0.3 is 14.5 Å². The van der Waals surface area contributed by atoms with Crippen molar-refractivity contribution in [1.82, 2.24) is 4.90 Å². The van der Waals surface area contributed by atoms with Gasteiger partial charge in [-0.3, -0.25) is 9.59 Å². The lowest BCUT2D eigenvalue weighted by molar-refractivity contribution is -0.163. The van der Waals surface area contributed by atoms with Gasteiger partial charge >= 0.3 is 5.97 Å². The Bertz CT molecular complexity index is 790. The number of ether oxygens (including phenoxy) is 1. The highest BCUT2D eigenvalue weighted by molar-refractivity contribution is 6.01. The minimum atomic E-state index is -0.598. The first-order chi connectivity index (χ1) is 14.0. The van der Waals surface area contributed by atoms with Gasteiger partial charge in [0.25, 0.3) is 0 Å². The third-order valence-corrected chi connectivity index (χ3v) is 6.40. The van der Waals surface area contributed by atoms with Gasteiger partial charge in [0.05, 0.1) is 17.7 Å². The quantitative estimate of drug-likeness (QED) is 0.688. The number of nitrogens with zero attached hydrogens (tertiary/aromatic N) is 2. The van der Waals surface area contributed by atoms with Gasteiger partial charge in [0.1, 0.15) is 6.10 Å². The van der Waals surface area contributed by atoms with E-state index in [1.54, 1.807) is 0 Å². The molecular formula is C23H30N2O4. The summed E-state index contributed by atoms with van der Waals surface area (Å²) in [7, 11) is 0. The zero-order valence-electron chi connectivity index (χ0n) is 17.4. The third-order valence-electron chi connectivity index (χ3n) is 6.40. The van der Waals surface area contributed by atoms with Crippen LogP contribution in [0.2, 0.25) is 0 Å². The molecule has 0 N–H and O–H groups in total. The maximum Gasteiger partial charge on any atom is 0.312 e. The maximum absolute atomic E-state index is 12.9. The number of rotatable bonds is 6. The van der Waals surface area contributed by atoms with E-state index in [1.807, 2.05) is 11.8 Å². The molecule has 3 aliphatic rings. The maximum atomic E-state index is 12.9. The van der Waals surface area contributed by atoms with E-state index in [9.17, 15) is 9.59 Å². The molecule has 1 saturated carbocycles. The number of piperidine rings is 1. The molecule has 2 aliphatic heterocycles. The number of hydrogen-bond donors (Lipinski definition) is 0. The highest BCUT2D eigenvalue weighted by Crippen LogP contribution is 2.41. The number of carbonyl (C=O) groups excluding carboxylic acids is 2. The first kappa shape index (κ1) is 19.9. The van der Waals surface area contributed by atoms with Crippen LogP contribution >= 0.6 is 0 Å². The van der Waals surface area contributed by atoms with Crippen LogP contribution in [0.25, 0.3) is 0 Å².